The van der Waals surface area contributed by atoms with E-state index in [0.29, 0.717) is 5.56 Å². The van der Waals surface area contributed by atoms with Crippen LogP contribution in [0.2, 0.25) is 0 Å². The first-order chi connectivity index (χ1) is 17.1. The quantitative estimate of drug-likeness (QED) is 0.178. The minimum atomic E-state index is -1.37. The fourth-order valence-electron chi connectivity index (χ4n) is 3.89. The molecule has 3 unspecified atom stereocenters. The molecule has 190 valence electrons. The maximum atomic E-state index is 13.2. The van der Waals surface area contributed by atoms with Crippen molar-refractivity contribution in [1.82, 2.24) is 15.5 Å². The summed E-state index contributed by atoms with van der Waals surface area (Å²) in [7, 11) is 0. The number of esters is 1. The molecule has 0 aliphatic carbocycles. The van der Waals surface area contributed by atoms with Crippen molar-refractivity contribution in [1.29, 1.82) is 0 Å². The number of fused-ring (bicyclic) bond motifs is 1. The number of nitrogens with zero attached hydrogens (tertiary/aromatic N) is 1. The third-order valence-electron chi connectivity index (χ3n) is 5.67. The van der Waals surface area contributed by atoms with Gasteiger partial charge in [0, 0.05) is 18.2 Å². The molecule has 36 heavy (non-hydrogen) atoms. The van der Waals surface area contributed by atoms with E-state index in [0.717, 1.165) is 4.90 Å². The van der Waals surface area contributed by atoms with Gasteiger partial charge in [-0.25, -0.2) is 9.59 Å². The van der Waals surface area contributed by atoms with Crippen LogP contribution in [0.3, 0.4) is 0 Å². The van der Waals surface area contributed by atoms with Crippen LogP contribution in [0, 0.1) is 0 Å². The predicted molar refractivity (Wildman–Crippen MR) is 120 cm³/mol. The highest BCUT2D eigenvalue weighted by molar-refractivity contribution is 8.00. The van der Waals surface area contributed by atoms with E-state index >= 15 is 0 Å². The van der Waals surface area contributed by atoms with Crippen LogP contribution in [0.25, 0.3) is 0 Å². The minimum Gasteiger partial charge on any atom is -0.479 e. The van der Waals surface area contributed by atoms with Crippen molar-refractivity contribution in [2.75, 3.05) is 12.4 Å². The number of carboxylic acids is 2. The van der Waals surface area contributed by atoms with Crippen LogP contribution < -0.4 is 10.6 Å². The van der Waals surface area contributed by atoms with Crippen molar-refractivity contribution >= 4 is 47.4 Å². The van der Waals surface area contributed by atoms with E-state index in [2.05, 4.69) is 10.6 Å². The topological polar surface area (TPSA) is 192 Å². The molecule has 3 aliphatic heterocycles. The van der Waals surface area contributed by atoms with Gasteiger partial charge in [-0.2, -0.15) is 0 Å². The number of amides is 3. The number of thioether (sulfide) groups is 1. The van der Waals surface area contributed by atoms with Crippen molar-refractivity contribution in [3.8, 4) is 0 Å². The Balaban J connectivity index is 1.49. The highest BCUT2D eigenvalue weighted by atomic mass is 32.2. The third-order valence-corrected chi connectivity index (χ3v) is 7.01. The van der Waals surface area contributed by atoms with Gasteiger partial charge in [0.2, 0.25) is 5.91 Å². The van der Waals surface area contributed by atoms with E-state index < -0.39 is 65.3 Å². The van der Waals surface area contributed by atoms with Crippen LogP contribution in [-0.4, -0.2) is 86.7 Å². The molecular weight excluding hydrogens is 498 g/mol. The van der Waals surface area contributed by atoms with Crippen molar-refractivity contribution in [3.63, 3.8) is 0 Å². The van der Waals surface area contributed by atoms with Crippen LogP contribution in [0.5, 0.6) is 0 Å². The Labute approximate surface area is 207 Å². The van der Waals surface area contributed by atoms with Crippen molar-refractivity contribution in [2.45, 2.75) is 36.6 Å². The molecule has 5 atom stereocenters. The van der Waals surface area contributed by atoms with E-state index in [1.54, 1.807) is 30.3 Å². The molecule has 0 bridgehead atoms. The zero-order chi connectivity index (χ0) is 26.1. The van der Waals surface area contributed by atoms with E-state index in [1.165, 1.54) is 18.7 Å². The third kappa shape index (κ3) is 4.90. The van der Waals surface area contributed by atoms with Gasteiger partial charge in [-0.1, -0.05) is 30.3 Å². The number of carboxylic acid groups (broad SMARTS) is 2. The van der Waals surface area contributed by atoms with Crippen LogP contribution >= 0.6 is 11.8 Å². The molecule has 13 nitrogen and oxygen atoms in total. The summed E-state index contributed by atoms with van der Waals surface area (Å²) in [6.45, 7) is 0.902. The monoisotopic (exact) mass is 519 g/mol. The van der Waals surface area contributed by atoms with Crippen LogP contribution in [-0.2, 0) is 38.2 Å². The maximum absolute atomic E-state index is 13.2. The van der Waals surface area contributed by atoms with Gasteiger partial charge in [0.25, 0.3) is 11.8 Å². The predicted octanol–water partition coefficient (Wildman–Crippen LogP) is -1.00. The van der Waals surface area contributed by atoms with E-state index in [1.807, 2.05) is 0 Å². The number of hydrogen-bond donors (Lipinski definition) is 4. The average Bonchev–Trinajstić information content (AvgIpc) is 3.65. The molecule has 1 aromatic rings. The molecule has 3 aliphatic rings. The molecule has 2 fully saturated rings. The van der Waals surface area contributed by atoms with Gasteiger partial charge in [0.05, 0.1) is 0 Å². The number of epoxide rings is 1. The largest absolute Gasteiger partial charge is 0.479 e. The Morgan fingerprint density at radius 1 is 1.17 bits per heavy atom. The summed E-state index contributed by atoms with van der Waals surface area (Å²) in [5, 5.41) is 22.9. The van der Waals surface area contributed by atoms with Gasteiger partial charge < -0.3 is 30.3 Å². The van der Waals surface area contributed by atoms with Crippen molar-refractivity contribution < 1.29 is 48.5 Å². The van der Waals surface area contributed by atoms with Gasteiger partial charge in [0.15, 0.2) is 12.2 Å². The highest BCUT2D eigenvalue weighted by Gasteiger charge is 2.55. The smallest absolute Gasteiger partial charge is 0.352 e. The van der Waals surface area contributed by atoms with Gasteiger partial charge >= 0.3 is 17.9 Å². The molecule has 14 heteroatoms. The molecule has 3 amide bonds. The van der Waals surface area contributed by atoms with Crippen LogP contribution in [0.1, 0.15) is 18.5 Å². The van der Waals surface area contributed by atoms with E-state index in [9.17, 15) is 33.9 Å². The van der Waals surface area contributed by atoms with Gasteiger partial charge in [-0.15, -0.1) is 11.8 Å². The molecule has 4 N–H and O–H groups in total. The van der Waals surface area contributed by atoms with Crippen LogP contribution in [0.4, 0.5) is 0 Å². The van der Waals surface area contributed by atoms with Gasteiger partial charge in [-0.3, -0.25) is 24.1 Å². The summed E-state index contributed by atoms with van der Waals surface area (Å²) >= 11 is 1.19. The first kappa shape index (κ1) is 25.2. The summed E-state index contributed by atoms with van der Waals surface area (Å²) < 4.78 is 9.73. The molecule has 0 aromatic heterocycles. The fourth-order valence-corrected chi connectivity index (χ4v) is 5.22. The second kappa shape index (κ2) is 9.99. The van der Waals surface area contributed by atoms with Crippen LogP contribution in [0.15, 0.2) is 41.6 Å². The highest BCUT2D eigenvalue weighted by Crippen LogP contribution is 2.40. The average molecular weight is 519 g/mol. The lowest BCUT2D eigenvalue weighted by Crippen LogP contribution is -2.71. The van der Waals surface area contributed by atoms with Crippen molar-refractivity contribution in [2.24, 2.45) is 0 Å². The number of carbonyl (C=O) groups is 6. The number of nitrogens with one attached hydrogen (secondary N) is 2. The molecule has 1 aromatic carbocycles. The summed E-state index contributed by atoms with van der Waals surface area (Å²) in [5.74, 6) is -5.33. The second-order valence-corrected chi connectivity index (χ2v) is 9.21. The number of rotatable bonds is 9. The lowest BCUT2D eigenvalue weighted by molar-refractivity contribution is -0.151. The number of aliphatic carboxylic acids is 2. The molecule has 3 heterocycles. The number of β-lactam (4-membered cyclic amide) rings is 1. The number of ether oxygens (including phenoxy) is 2. The molecule has 0 spiro atoms. The lowest BCUT2D eigenvalue weighted by atomic mass is 10.0. The summed E-state index contributed by atoms with van der Waals surface area (Å²) in [4.78, 5) is 73.5. The molecule has 0 radical (unpaired) electrons. The Morgan fingerprint density at radius 3 is 2.44 bits per heavy atom. The lowest BCUT2D eigenvalue weighted by Gasteiger charge is -2.49. The second-order valence-electron chi connectivity index (χ2n) is 8.10. The number of carbonyl (C=O) groups excluding carboxylic acids is 4. The minimum absolute atomic E-state index is 0.157. The summed E-state index contributed by atoms with van der Waals surface area (Å²) in [6, 6.07) is 5.78. The Hall–Kier alpha value is -3.91. The normalized spacial score (nSPS) is 25.1. The van der Waals surface area contributed by atoms with E-state index in [-0.39, 0.29) is 23.6 Å². The van der Waals surface area contributed by atoms with Gasteiger partial charge in [-0.05, 0) is 5.56 Å². The summed E-state index contributed by atoms with van der Waals surface area (Å²) in [6.07, 6.45) is -2.54. The maximum Gasteiger partial charge on any atom is 0.352 e. The zero-order valence-corrected chi connectivity index (χ0v) is 19.5. The molecular formula is C22H21N3O10S. The number of benzene rings is 1. The Bertz CT molecular complexity index is 1170. The first-order valence-corrected chi connectivity index (χ1v) is 11.7. The Kier molecular flexibility index (Phi) is 6.99. The summed E-state index contributed by atoms with van der Waals surface area (Å²) in [5.41, 5.74) is 0.337. The number of hydrogen-bond acceptors (Lipinski definition) is 9. The standard InChI is InChI=1S/C22H21N3O10S/c1-9(26)34-7-11-8-36-20-13(19(29)25(20)14(11)21(30)31)24-17(27)12(10-5-3-2-4-6-10)23-18(28)15-16(35-15)22(32)33/h2-6,12-13,15-16,20H,7-8H2,1H3,(H,23,28)(H,24,27)(H,30,31)(H,32,33)/t12?,13-,15?,16?,20-/m1/s1. The fraction of sp³-hybridized carbons (Fsp3) is 0.364. The zero-order valence-electron chi connectivity index (χ0n) is 18.7. The Morgan fingerprint density at radius 2 is 1.86 bits per heavy atom. The van der Waals surface area contributed by atoms with Crippen molar-refractivity contribution in [3.05, 3.63) is 47.2 Å². The van der Waals surface area contributed by atoms with Gasteiger partial charge in [0.1, 0.15) is 29.8 Å². The first-order valence-electron chi connectivity index (χ1n) is 10.7. The SMILES string of the molecule is CC(=O)OCC1=C(C(=O)O)N2C(=O)[C@@H](NC(=O)C(NC(=O)C3OC3C(=O)O)c3ccccc3)[C@H]2SC1. The van der Waals surface area contributed by atoms with E-state index in [4.69, 9.17) is 14.6 Å². The molecule has 4 rings (SSSR count). The molecule has 2 saturated heterocycles. The molecule has 0 saturated carbocycles.